The zero-order valence-corrected chi connectivity index (χ0v) is 18.7. The van der Waals surface area contributed by atoms with Crippen molar-refractivity contribution in [3.63, 3.8) is 0 Å². The second-order valence-electron chi connectivity index (χ2n) is 7.35. The normalized spacial score (nSPS) is 13.7. The van der Waals surface area contributed by atoms with Crippen LogP contribution in [-0.2, 0) is 16.1 Å². The van der Waals surface area contributed by atoms with Gasteiger partial charge in [0, 0.05) is 18.1 Å². The van der Waals surface area contributed by atoms with Crippen LogP contribution in [0.15, 0.2) is 84.6 Å². The highest BCUT2D eigenvalue weighted by Gasteiger charge is 2.43. The highest BCUT2D eigenvalue weighted by molar-refractivity contribution is 6.46. The molecule has 0 spiro atoms. The first-order valence-electron chi connectivity index (χ1n) is 10.4. The summed E-state index contributed by atoms with van der Waals surface area (Å²) < 4.78 is 5.43. The van der Waals surface area contributed by atoms with Crippen LogP contribution in [-0.4, -0.2) is 30.4 Å². The maximum Gasteiger partial charge on any atom is 0.282 e. The van der Waals surface area contributed by atoms with E-state index in [1.54, 1.807) is 18.2 Å². The molecule has 2 amide bonds. The Hall–Kier alpha value is -3.57. The third kappa shape index (κ3) is 3.99. The van der Waals surface area contributed by atoms with Crippen molar-refractivity contribution in [2.75, 3.05) is 18.6 Å². The number of hydrogen-bond donors (Lipinski definition) is 0. The number of benzene rings is 3. The lowest BCUT2D eigenvalue weighted by atomic mass is 10.0. The van der Waals surface area contributed by atoms with Crippen molar-refractivity contribution in [1.29, 1.82) is 0 Å². The van der Waals surface area contributed by atoms with Gasteiger partial charge in [0.05, 0.1) is 18.4 Å². The quantitative estimate of drug-likeness (QED) is 0.471. The number of halogens is 1. The first kappa shape index (κ1) is 21.7. The molecule has 0 N–H and O–H groups in total. The van der Waals surface area contributed by atoms with Gasteiger partial charge in [-0.3, -0.25) is 9.59 Å². The fraction of sp³-hybridized carbons (Fsp3) is 0.154. The van der Waals surface area contributed by atoms with Crippen LogP contribution in [0.4, 0.5) is 5.69 Å². The first-order valence-corrected chi connectivity index (χ1v) is 10.7. The van der Waals surface area contributed by atoms with E-state index in [0.717, 1.165) is 10.5 Å². The Kier molecular flexibility index (Phi) is 6.28. The second kappa shape index (κ2) is 9.28. The van der Waals surface area contributed by atoms with Gasteiger partial charge in [-0.2, -0.15) is 0 Å². The predicted molar refractivity (Wildman–Crippen MR) is 126 cm³/mol. The molecule has 5 nitrogen and oxygen atoms in total. The zero-order chi connectivity index (χ0) is 22.7. The Bertz CT molecular complexity index is 1180. The number of methoxy groups -OCH3 is 1. The van der Waals surface area contributed by atoms with Crippen LogP contribution in [0.25, 0.3) is 5.57 Å². The van der Waals surface area contributed by atoms with Gasteiger partial charge in [-0.25, -0.2) is 4.90 Å². The van der Waals surface area contributed by atoms with Crippen LogP contribution in [0.3, 0.4) is 0 Å². The fourth-order valence-electron chi connectivity index (χ4n) is 3.89. The summed E-state index contributed by atoms with van der Waals surface area (Å²) in [6.07, 6.45) is 0. The van der Waals surface area contributed by atoms with Crippen LogP contribution >= 0.6 is 11.6 Å². The van der Waals surface area contributed by atoms with Gasteiger partial charge in [-0.15, -0.1) is 0 Å². The largest absolute Gasteiger partial charge is 0.495 e. The van der Waals surface area contributed by atoms with Crippen molar-refractivity contribution in [2.24, 2.45) is 0 Å². The third-order valence-corrected chi connectivity index (χ3v) is 5.65. The lowest BCUT2D eigenvalue weighted by Gasteiger charge is -2.25. The molecule has 0 bridgehead atoms. The molecule has 162 valence electrons. The number of carbonyl (C=O) groups excluding carboxylic acids is 2. The van der Waals surface area contributed by atoms with Crippen LogP contribution < -0.4 is 9.64 Å². The molecule has 6 heteroatoms. The molecule has 0 atom stereocenters. The van der Waals surface area contributed by atoms with Crippen molar-refractivity contribution in [2.45, 2.75) is 13.5 Å². The van der Waals surface area contributed by atoms with Gasteiger partial charge < -0.3 is 9.64 Å². The molecule has 1 heterocycles. The highest BCUT2D eigenvalue weighted by atomic mass is 35.5. The smallest absolute Gasteiger partial charge is 0.282 e. The van der Waals surface area contributed by atoms with Crippen LogP contribution in [0.5, 0.6) is 5.75 Å². The summed E-state index contributed by atoms with van der Waals surface area (Å²) in [6.45, 7) is 3.03. The number of imide groups is 1. The summed E-state index contributed by atoms with van der Waals surface area (Å²) in [5.41, 5.74) is 2.81. The van der Waals surface area contributed by atoms with E-state index >= 15 is 0 Å². The van der Waals surface area contributed by atoms with E-state index in [4.69, 9.17) is 16.3 Å². The molecule has 3 aromatic rings. The summed E-state index contributed by atoms with van der Waals surface area (Å²) in [4.78, 5) is 30.6. The minimum atomic E-state index is -0.400. The van der Waals surface area contributed by atoms with E-state index in [0.29, 0.717) is 46.4 Å². The average Bonchev–Trinajstić information content (AvgIpc) is 3.08. The molecule has 1 aliphatic heterocycles. The van der Waals surface area contributed by atoms with E-state index < -0.39 is 11.8 Å². The third-order valence-electron chi connectivity index (χ3n) is 5.42. The van der Waals surface area contributed by atoms with Gasteiger partial charge >= 0.3 is 0 Å². The SMILES string of the molecule is CCN(Cc1ccccc1)C1=C(c2ccccc2)C(=O)N(c2cc(Cl)ccc2OC)C1=O. The lowest BCUT2D eigenvalue weighted by molar-refractivity contribution is -0.120. The minimum Gasteiger partial charge on any atom is -0.495 e. The predicted octanol–water partition coefficient (Wildman–Crippen LogP) is 5.16. The molecular weight excluding hydrogens is 424 g/mol. The van der Waals surface area contributed by atoms with E-state index in [2.05, 4.69) is 0 Å². The Labute approximate surface area is 192 Å². The first-order chi connectivity index (χ1) is 15.5. The summed E-state index contributed by atoms with van der Waals surface area (Å²) >= 11 is 6.21. The number of amides is 2. The van der Waals surface area contributed by atoms with E-state index in [1.165, 1.54) is 7.11 Å². The van der Waals surface area contributed by atoms with E-state index in [9.17, 15) is 9.59 Å². The monoisotopic (exact) mass is 446 g/mol. The Balaban J connectivity index is 1.85. The number of nitrogens with zero attached hydrogens (tertiary/aromatic N) is 2. The summed E-state index contributed by atoms with van der Waals surface area (Å²) in [5, 5.41) is 0.410. The fourth-order valence-corrected chi connectivity index (χ4v) is 4.05. The lowest BCUT2D eigenvalue weighted by Crippen LogP contribution is -2.35. The van der Waals surface area contributed by atoms with Crippen molar-refractivity contribution >= 4 is 34.7 Å². The van der Waals surface area contributed by atoms with Crippen LogP contribution in [0, 0.1) is 0 Å². The molecule has 3 aromatic carbocycles. The maximum absolute atomic E-state index is 13.8. The Morgan fingerprint density at radius 3 is 2.19 bits per heavy atom. The molecule has 0 saturated heterocycles. The van der Waals surface area contributed by atoms with Crippen molar-refractivity contribution < 1.29 is 14.3 Å². The number of anilines is 1. The summed E-state index contributed by atoms with van der Waals surface area (Å²) in [7, 11) is 1.50. The summed E-state index contributed by atoms with van der Waals surface area (Å²) in [5.74, 6) is -0.397. The van der Waals surface area contributed by atoms with Crippen LogP contribution in [0.2, 0.25) is 5.02 Å². The van der Waals surface area contributed by atoms with Gasteiger partial charge in [-0.05, 0) is 36.2 Å². The number of likely N-dealkylation sites (N-methyl/N-ethyl adjacent to an activating group) is 1. The maximum atomic E-state index is 13.8. The van der Waals surface area contributed by atoms with Gasteiger partial charge in [-0.1, -0.05) is 72.3 Å². The van der Waals surface area contributed by atoms with E-state index in [1.807, 2.05) is 72.5 Å². The van der Waals surface area contributed by atoms with Gasteiger partial charge in [0.2, 0.25) is 0 Å². The Morgan fingerprint density at radius 1 is 0.906 bits per heavy atom. The topological polar surface area (TPSA) is 49.9 Å². The molecule has 0 saturated carbocycles. The number of carbonyl (C=O) groups is 2. The minimum absolute atomic E-state index is 0.328. The van der Waals surface area contributed by atoms with Gasteiger partial charge in [0.1, 0.15) is 11.4 Å². The molecule has 0 fully saturated rings. The molecule has 0 radical (unpaired) electrons. The number of rotatable bonds is 7. The molecule has 0 unspecified atom stereocenters. The Morgan fingerprint density at radius 2 is 1.56 bits per heavy atom. The highest BCUT2D eigenvalue weighted by Crippen LogP contribution is 2.40. The number of ether oxygens (including phenoxy) is 1. The second-order valence-corrected chi connectivity index (χ2v) is 7.79. The van der Waals surface area contributed by atoms with Crippen molar-refractivity contribution in [3.05, 3.63) is 101 Å². The number of hydrogen-bond acceptors (Lipinski definition) is 4. The van der Waals surface area contributed by atoms with Gasteiger partial charge in [0.15, 0.2) is 0 Å². The molecule has 1 aliphatic rings. The molecule has 4 rings (SSSR count). The van der Waals surface area contributed by atoms with Crippen molar-refractivity contribution in [1.82, 2.24) is 4.90 Å². The van der Waals surface area contributed by atoms with Gasteiger partial charge in [0.25, 0.3) is 11.8 Å². The standard InChI is InChI=1S/C26H23ClN2O3/c1-3-28(17-18-10-6-4-7-11-18)24-23(19-12-8-5-9-13-19)25(30)29(26(24)31)21-16-20(27)14-15-22(21)32-2/h4-16H,3,17H2,1-2H3. The molecule has 0 aliphatic carbocycles. The summed E-state index contributed by atoms with van der Waals surface area (Å²) in [6, 6.07) is 24.0. The van der Waals surface area contributed by atoms with Crippen LogP contribution in [0.1, 0.15) is 18.1 Å². The molecule has 0 aromatic heterocycles. The molecular formula is C26H23ClN2O3. The van der Waals surface area contributed by atoms with E-state index in [-0.39, 0.29) is 0 Å². The average molecular weight is 447 g/mol. The molecule has 32 heavy (non-hydrogen) atoms. The zero-order valence-electron chi connectivity index (χ0n) is 17.9. The van der Waals surface area contributed by atoms with Crippen molar-refractivity contribution in [3.8, 4) is 5.75 Å².